The van der Waals surface area contributed by atoms with Crippen LogP contribution in [0, 0.1) is 5.41 Å². The van der Waals surface area contributed by atoms with E-state index in [0.29, 0.717) is 12.1 Å². The Balaban J connectivity index is 2.74. The molecule has 2 atom stereocenters. The van der Waals surface area contributed by atoms with Gasteiger partial charge >= 0.3 is 0 Å². The average molecular weight is 214 g/mol. The topological polar surface area (TPSA) is 49.5 Å². The van der Waals surface area contributed by atoms with Crippen molar-refractivity contribution >= 4 is 0 Å². The van der Waals surface area contributed by atoms with E-state index in [1.165, 1.54) is 12.8 Å². The molecule has 3 nitrogen and oxygen atoms in total. The van der Waals surface area contributed by atoms with E-state index in [1.54, 1.807) is 0 Å². The monoisotopic (exact) mass is 214 g/mol. The number of hydrogen-bond acceptors (Lipinski definition) is 3. The summed E-state index contributed by atoms with van der Waals surface area (Å²) in [6, 6.07) is 1.17. The van der Waals surface area contributed by atoms with E-state index < -0.39 is 0 Å². The Morgan fingerprint density at radius 1 is 1.40 bits per heavy atom. The zero-order chi connectivity index (χ0) is 11.6. The van der Waals surface area contributed by atoms with Crippen molar-refractivity contribution in [2.24, 2.45) is 11.1 Å². The molecular weight excluding hydrogens is 188 g/mol. The van der Waals surface area contributed by atoms with E-state index in [0.717, 1.165) is 6.54 Å². The van der Waals surface area contributed by atoms with Crippen LogP contribution in [-0.4, -0.2) is 41.3 Å². The highest BCUT2D eigenvalue weighted by molar-refractivity contribution is 4.96. The highest BCUT2D eigenvalue weighted by atomic mass is 16.3. The summed E-state index contributed by atoms with van der Waals surface area (Å²) in [4.78, 5) is 2.41. The molecule has 0 aromatic heterocycles. The van der Waals surface area contributed by atoms with Gasteiger partial charge in [0.25, 0.3) is 0 Å². The maximum atomic E-state index is 9.13. The molecule has 0 aromatic rings. The Kier molecular flexibility index (Phi) is 4.15. The largest absolute Gasteiger partial charge is 0.395 e. The maximum absolute atomic E-state index is 9.13. The fourth-order valence-electron chi connectivity index (χ4n) is 2.66. The molecule has 1 aliphatic carbocycles. The quantitative estimate of drug-likeness (QED) is 0.723. The van der Waals surface area contributed by atoms with Crippen molar-refractivity contribution in [3.63, 3.8) is 0 Å². The smallest absolute Gasteiger partial charge is 0.0558 e. The summed E-state index contributed by atoms with van der Waals surface area (Å²) in [5.41, 5.74) is 6.27. The van der Waals surface area contributed by atoms with Crippen molar-refractivity contribution in [3.8, 4) is 0 Å². The first kappa shape index (κ1) is 12.9. The van der Waals surface area contributed by atoms with Crippen LogP contribution in [0.1, 0.15) is 40.5 Å². The molecule has 1 aliphatic rings. The first-order chi connectivity index (χ1) is 6.88. The van der Waals surface area contributed by atoms with E-state index in [2.05, 4.69) is 32.6 Å². The number of aliphatic hydroxyl groups excluding tert-OH is 1. The normalized spacial score (nSPS) is 21.8. The molecule has 1 rings (SSSR count). The second-order valence-corrected chi connectivity index (χ2v) is 5.86. The van der Waals surface area contributed by atoms with Crippen LogP contribution in [0.3, 0.4) is 0 Å². The molecule has 0 amide bonds. The number of nitrogens with zero attached hydrogens (tertiary/aromatic N) is 1. The highest BCUT2D eigenvalue weighted by Gasteiger charge is 2.40. The predicted octanol–water partition coefficient (Wildman–Crippen LogP) is 1.20. The lowest BCUT2D eigenvalue weighted by Gasteiger charge is -2.42. The van der Waals surface area contributed by atoms with Gasteiger partial charge in [0.1, 0.15) is 0 Å². The molecule has 15 heavy (non-hydrogen) atoms. The Bertz CT molecular complexity index is 194. The van der Waals surface area contributed by atoms with Gasteiger partial charge in [-0.15, -0.1) is 0 Å². The summed E-state index contributed by atoms with van der Waals surface area (Å²) in [7, 11) is 0. The minimum absolute atomic E-state index is 0.150. The molecule has 0 spiro atoms. The third-order valence-corrected chi connectivity index (χ3v) is 3.12. The maximum Gasteiger partial charge on any atom is 0.0558 e. The van der Waals surface area contributed by atoms with Gasteiger partial charge in [0.05, 0.1) is 6.61 Å². The van der Waals surface area contributed by atoms with Crippen molar-refractivity contribution in [3.05, 3.63) is 0 Å². The Hall–Kier alpha value is -0.120. The fourth-order valence-corrected chi connectivity index (χ4v) is 2.66. The molecular formula is C12H26N2O. The minimum Gasteiger partial charge on any atom is -0.395 e. The molecule has 0 bridgehead atoms. The third kappa shape index (κ3) is 3.44. The van der Waals surface area contributed by atoms with Crippen molar-refractivity contribution in [1.29, 1.82) is 0 Å². The van der Waals surface area contributed by atoms with Gasteiger partial charge in [-0.05, 0) is 25.2 Å². The Morgan fingerprint density at radius 3 is 2.20 bits per heavy atom. The second-order valence-electron chi connectivity index (χ2n) is 5.86. The van der Waals surface area contributed by atoms with Crippen molar-refractivity contribution in [2.45, 2.75) is 58.7 Å². The van der Waals surface area contributed by atoms with Crippen LogP contribution < -0.4 is 5.73 Å². The predicted molar refractivity (Wildman–Crippen MR) is 63.7 cm³/mol. The summed E-state index contributed by atoms with van der Waals surface area (Å²) in [5, 5.41) is 9.13. The number of rotatable bonds is 5. The van der Waals surface area contributed by atoms with Gasteiger partial charge in [0.2, 0.25) is 0 Å². The van der Waals surface area contributed by atoms with Crippen LogP contribution >= 0.6 is 0 Å². The molecule has 0 aromatic carbocycles. The van der Waals surface area contributed by atoms with E-state index in [9.17, 15) is 0 Å². The van der Waals surface area contributed by atoms with E-state index >= 15 is 0 Å². The summed E-state index contributed by atoms with van der Waals surface area (Å²) in [5.74, 6) is 0. The molecule has 1 fully saturated rings. The first-order valence-electron chi connectivity index (χ1n) is 6.00. The molecule has 3 heteroatoms. The standard InChI is InChI=1S/C12H26N2O/c1-9(13)11(12(2,3)4)14(7-8-15)10-5-6-10/h9-11,15H,5-8,13H2,1-4H3. The van der Waals surface area contributed by atoms with Gasteiger partial charge in [-0.25, -0.2) is 0 Å². The van der Waals surface area contributed by atoms with Crippen LogP contribution in [0.25, 0.3) is 0 Å². The summed E-state index contributed by atoms with van der Waals surface area (Å²) in [6.45, 7) is 9.75. The number of hydrogen-bond donors (Lipinski definition) is 2. The Morgan fingerprint density at radius 2 is 1.93 bits per heavy atom. The zero-order valence-corrected chi connectivity index (χ0v) is 10.5. The van der Waals surface area contributed by atoms with E-state index in [1.807, 2.05) is 0 Å². The second kappa shape index (κ2) is 4.81. The molecule has 0 heterocycles. The third-order valence-electron chi connectivity index (χ3n) is 3.12. The SMILES string of the molecule is CC(N)C(N(CCO)C1CC1)C(C)(C)C. The van der Waals surface area contributed by atoms with Crippen molar-refractivity contribution in [1.82, 2.24) is 4.90 Å². The van der Waals surface area contributed by atoms with Gasteiger partial charge in [0.15, 0.2) is 0 Å². The van der Waals surface area contributed by atoms with E-state index in [-0.39, 0.29) is 18.1 Å². The van der Waals surface area contributed by atoms with Crippen LogP contribution in [-0.2, 0) is 0 Å². The molecule has 0 radical (unpaired) electrons. The van der Waals surface area contributed by atoms with Gasteiger partial charge in [0, 0.05) is 24.7 Å². The molecule has 90 valence electrons. The van der Waals surface area contributed by atoms with Crippen LogP contribution in [0.15, 0.2) is 0 Å². The number of nitrogens with two attached hydrogens (primary N) is 1. The van der Waals surface area contributed by atoms with Crippen molar-refractivity contribution in [2.75, 3.05) is 13.2 Å². The van der Waals surface area contributed by atoms with Gasteiger partial charge in [-0.3, -0.25) is 4.90 Å². The summed E-state index contributed by atoms with van der Waals surface area (Å²) in [6.07, 6.45) is 2.53. The zero-order valence-electron chi connectivity index (χ0n) is 10.5. The lowest BCUT2D eigenvalue weighted by molar-refractivity contribution is 0.0584. The van der Waals surface area contributed by atoms with Gasteiger partial charge in [-0.2, -0.15) is 0 Å². The molecule has 1 saturated carbocycles. The van der Waals surface area contributed by atoms with Gasteiger partial charge < -0.3 is 10.8 Å². The van der Waals surface area contributed by atoms with E-state index in [4.69, 9.17) is 10.8 Å². The highest BCUT2D eigenvalue weighted by Crippen LogP contribution is 2.35. The van der Waals surface area contributed by atoms with Gasteiger partial charge in [-0.1, -0.05) is 20.8 Å². The number of aliphatic hydroxyl groups is 1. The fraction of sp³-hybridized carbons (Fsp3) is 1.00. The lowest BCUT2D eigenvalue weighted by Crippen LogP contribution is -2.55. The summed E-state index contributed by atoms with van der Waals surface area (Å²) < 4.78 is 0. The molecule has 0 aliphatic heterocycles. The van der Waals surface area contributed by atoms with Crippen LogP contribution in [0.2, 0.25) is 0 Å². The summed E-state index contributed by atoms with van der Waals surface area (Å²) >= 11 is 0. The first-order valence-corrected chi connectivity index (χ1v) is 6.00. The minimum atomic E-state index is 0.150. The molecule has 3 N–H and O–H groups in total. The average Bonchev–Trinajstić information content (AvgIpc) is 2.81. The Labute approximate surface area is 93.6 Å². The lowest BCUT2D eigenvalue weighted by atomic mass is 9.81. The van der Waals surface area contributed by atoms with Crippen molar-refractivity contribution < 1.29 is 5.11 Å². The van der Waals surface area contributed by atoms with Crippen LogP contribution in [0.5, 0.6) is 0 Å². The molecule has 0 saturated heterocycles. The molecule has 2 unspecified atom stereocenters. The van der Waals surface area contributed by atoms with Crippen LogP contribution in [0.4, 0.5) is 0 Å².